The molecule has 0 saturated carbocycles. The minimum Gasteiger partial charge on any atom is -0.495 e. The van der Waals surface area contributed by atoms with E-state index in [1.54, 1.807) is 6.07 Å². The van der Waals surface area contributed by atoms with E-state index in [4.69, 9.17) is 16.3 Å². The topological polar surface area (TPSA) is 60.3 Å². The van der Waals surface area contributed by atoms with E-state index in [-0.39, 0.29) is 17.2 Å². The lowest BCUT2D eigenvalue weighted by Crippen LogP contribution is -2.27. The van der Waals surface area contributed by atoms with Crippen LogP contribution in [0, 0.1) is 0 Å². The Morgan fingerprint density at radius 1 is 1.30 bits per heavy atom. The van der Waals surface area contributed by atoms with Crippen molar-refractivity contribution in [3.8, 4) is 5.75 Å². The summed E-state index contributed by atoms with van der Waals surface area (Å²) in [6.45, 7) is 0.835. The molecule has 0 aliphatic carbocycles. The van der Waals surface area contributed by atoms with E-state index in [0.717, 1.165) is 0 Å². The average molecular weight is 315 g/mol. The average Bonchev–Trinajstić information content (AvgIpc) is 2.91. The molecule has 2 rings (SSSR count). The molecule has 1 N–H and O–H groups in total. The summed E-state index contributed by atoms with van der Waals surface area (Å²) in [6, 6.07) is 8.25. The molecule has 1 heterocycles. The van der Waals surface area contributed by atoms with Crippen molar-refractivity contribution in [1.29, 1.82) is 0 Å². The summed E-state index contributed by atoms with van der Waals surface area (Å²) in [5.74, 6) is 0.267. The smallest absolute Gasteiger partial charge is 0.244 e. The molecule has 108 valence electrons. The number of halogens is 1. The molecular weight excluding hydrogens is 300 g/mol. The number of aromatic nitrogens is 1. The van der Waals surface area contributed by atoms with Gasteiger partial charge in [0.05, 0.1) is 7.11 Å². The van der Waals surface area contributed by atoms with Crippen LogP contribution in [-0.4, -0.2) is 26.6 Å². The molecule has 1 aromatic heterocycles. The Morgan fingerprint density at radius 3 is 2.65 bits per heavy atom. The largest absolute Gasteiger partial charge is 0.495 e. The second kappa shape index (κ2) is 6.30. The van der Waals surface area contributed by atoms with E-state index in [1.165, 1.54) is 19.2 Å². The Labute approximate surface area is 123 Å². The van der Waals surface area contributed by atoms with Gasteiger partial charge in [-0.15, -0.1) is 0 Å². The fourth-order valence-electron chi connectivity index (χ4n) is 1.77. The molecule has 20 heavy (non-hydrogen) atoms. The van der Waals surface area contributed by atoms with Crippen LogP contribution in [-0.2, 0) is 16.6 Å². The van der Waals surface area contributed by atoms with E-state index in [9.17, 15) is 8.42 Å². The Kier molecular flexibility index (Phi) is 4.69. The zero-order valence-electron chi connectivity index (χ0n) is 10.9. The maximum atomic E-state index is 12.2. The van der Waals surface area contributed by atoms with Crippen LogP contribution in [0.1, 0.15) is 0 Å². The quantitative estimate of drug-likeness (QED) is 0.888. The summed E-state index contributed by atoms with van der Waals surface area (Å²) in [7, 11) is -2.23. The minimum atomic E-state index is -3.65. The minimum absolute atomic E-state index is 0.0417. The predicted molar refractivity (Wildman–Crippen MR) is 77.6 cm³/mol. The Bertz CT molecular complexity index is 669. The molecule has 0 unspecified atom stereocenters. The first kappa shape index (κ1) is 14.9. The van der Waals surface area contributed by atoms with E-state index in [0.29, 0.717) is 11.6 Å². The number of sulfonamides is 1. The number of nitrogens with one attached hydrogen (secondary N) is 1. The summed E-state index contributed by atoms with van der Waals surface area (Å²) in [5, 5.41) is 0.344. The van der Waals surface area contributed by atoms with E-state index in [1.807, 2.05) is 29.1 Å². The molecule has 0 amide bonds. The Morgan fingerprint density at radius 2 is 2.00 bits per heavy atom. The van der Waals surface area contributed by atoms with Gasteiger partial charge in [0.1, 0.15) is 10.6 Å². The highest BCUT2D eigenvalue weighted by Crippen LogP contribution is 2.26. The molecular formula is C13H15ClN2O3S. The molecule has 0 fully saturated rings. The van der Waals surface area contributed by atoms with Gasteiger partial charge in [0.15, 0.2) is 0 Å². The van der Waals surface area contributed by atoms with Gasteiger partial charge in [-0.05, 0) is 30.3 Å². The normalized spacial score (nSPS) is 11.5. The van der Waals surface area contributed by atoms with Gasteiger partial charge >= 0.3 is 0 Å². The van der Waals surface area contributed by atoms with Gasteiger partial charge < -0.3 is 9.30 Å². The number of nitrogens with zero attached hydrogens (tertiary/aromatic N) is 1. The molecule has 1 aromatic carbocycles. The first-order chi connectivity index (χ1) is 9.53. The summed E-state index contributed by atoms with van der Waals surface area (Å²) >= 11 is 5.84. The highest BCUT2D eigenvalue weighted by molar-refractivity contribution is 7.89. The summed E-state index contributed by atoms with van der Waals surface area (Å²) in [4.78, 5) is 0.0417. The summed E-state index contributed by atoms with van der Waals surface area (Å²) in [6.07, 6.45) is 3.74. The van der Waals surface area contributed by atoms with Crippen LogP contribution in [0.2, 0.25) is 5.02 Å². The van der Waals surface area contributed by atoms with Crippen molar-refractivity contribution in [3.05, 3.63) is 47.7 Å². The van der Waals surface area contributed by atoms with Gasteiger partial charge in [-0.3, -0.25) is 0 Å². The number of benzene rings is 1. The van der Waals surface area contributed by atoms with E-state index in [2.05, 4.69) is 4.72 Å². The van der Waals surface area contributed by atoms with Crippen molar-refractivity contribution in [1.82, 2.24) is 9.29 Å². The second-order valence-electron chi connectivity index (χ2n) is 4.11. The molecule has 0 atom stereocenters. The van der Waals surface area contributed by atoms with Gasteiger partial charge in [0, 0.05) is 30.5 Å². The van der Waals surface area contributed by atoms with Crippen LogP contribution in [0.25, 0.3) is 0 Å². The number of ether oxygens (including phenoxy) is 1. The zero-order chi connectivity index (χ0) is 14.6. The van der Waals surface area contributed by atoms with Gasteiger partial charge in [0.2, 0.25) is 10.0 Å². The molecule has 0 radical (unpaired) electrons. The number of hydrogen-bond acceptors (Lipinski definition) is 3. The summed E-state index contributed by atoms with van der Waals surface area (Å²) < 4.78 is 33.9. The Hall–Kier alpha value is -1.50. The molecule has 2 aromatic rings. The molecule has 0 aliphatic rings. The third kappa shape index (κ3) is 3.53. The van der Waals surface area contributed by atoms with Crippen molar-refractivity contribution in [2.45, 2.75) is 11.4 Å². The lowest BCUT2D eigenvalue weighted by molar-refractivity contribution is 0.402. The third-order valence-corrected chi connectivity index (χ3v) is 4.46. The van der Waals surface area contributed by atoms with Crippen LogP contribution in [0.15, 0.2) is 47.6 Å². The molecule has 0 spiro atoms. The fourth-order valence-corrected chi connectivity index (χ4v) is 3.22. The fraction of sp³-hybridized carbons (Fsp3) is 0.231. The lowest BCUT2D eigenvalue weighted by Gasteiger charge is -2.11. The molecule has 0 bridgehead atoms. The second-order valence-corrected chi connectivity index (χ2v) is 6.29. The van der Waals surface area contributed by atoms with Crippen molar-refractivity contribution in [3.63, 3.8) is 0 Å². The third-order valence-electron chi connectivity index (χ3n) is 2.74. The molecule has 0 aliphatic heterocycles. The number of hydrogen-bond donors (Lipinski definition) is 1. The highest BCUT2D eigenvalue weighted by Gasteiger charge is 2.19. The lowest BCUT2D eigenvalue weighted by atomic mass is 10.3. The standard InChI is InChI=1S/C13H15ClN2O3S/c1-19-12-5-4-11(14)10-13(12)20(17,18)15-6-9-16-7-2-3-8-16/h2-5,7-8,10,15H,6,9H2,1H3. The monoisotopic (exact) mass is 314 g/mol. The number of methoxy groups -OCH3 is 1. The van der Waals surface area contributed by atoms with Gasteiger partial charge in [-0.25, -0.2) is 13.1 Å². The highest BCUT2D eigenvalue weighted by atomic mass is 35.5. The van der Waals surface area contributed by atoms with Crippen LogP contribution < -0.4 is 9.46 Å². The SMILES string of the molecule is COc1ccc(Cl)cc1S(=O)(=O)NCCn1cccc1. The maximum absolute atomic E-state index is 12.2. The van der Waals surface area contributed by atoms with Crippen LogP contribution in [0.4, 0.5) is 0 Å². The maximum Gasteiger partial charge on any atom is 0.244 e. The van der Waals surface area contributed by atoms with Crippen LogP contribution in [0.3, 0.4) is 0 Å². The molecule has 7 heteroatoms. The van der Waals surface area contributed by atoms with E-state index < -0.39 is 10.0 Å². The van der Waals surface area contributed by atoms with Gasteiger partial charge in [-0.1, -0.05) is 11.6 Å². The Balaban J connectivity index is 2.11. The van der Waals surface area contributed by atoms with Crippen molar-refractivity contribution >= 4 is 21.6 Å². The van der Waals surface area contributed by atoms with Crippen LogP contribution >= 0.6 is 11.6 Å². The van der Waals surface area contributed by atoms with E-state index >= 15 is 0 Å². The van der Waals surface area contributed by atoms with Gasteiger partial charge in [-0.2, -0.15) is 0 Å². The first-order valence-electron chi connectivity index (χ1n) is 5.97. The number of rotatable bonds is 6. The van der Waals surface area contributed by atoms with Crippen LogP contribution in [0.5, 0.6) is 5.75 Å². The van der Waals surface area contributed by atoms with Gasteiger partial charge in [0.25, 0.3) is 0 Å². The van der Waals surface area contributed by atoms with Crippen molar-refractivity contribution in [2.24, 2.45) is 0 Å². The zero-order valence-corrected chi connectivity index (χ0v) is 12.5. The summed E-state index contributed by atoms with van der Waals surface area (Å²) in [5.41, 5.74) is 0. The molecule has 0 saturated heterocycles. The van der Waals surface area contributed by atoms with Crippen molar-refractivity contribution < 1.29 is 13.2 Å². The molecule has 5 nitrogen and oxygen atoms in total. The van der Waals surface area contributed by atoms with Crippen molar-refractivity contribution in [2.75, 3.05) is 13.7 Å². The first-order valence-corrected chi connectivity index (χ1v) is 7.83. The predicted octanol–water partition coefficient (Wildman–Crippen LogP) is 2.13.